The third-order valence-electron chi connectivity index (χ3n) is 3.59. The largest absolute Gasteiger partial charge is 0.397 e. The third-order valence-corrected chi connectivity index (χ3v) is 6.99. The van der Waals surface area contributed by atoms with Crippen molar-refractivity contribution in [1.82, 2.24) is 0 Å². The SMILES string of the molecule is O=S(=O)(O)O[C@H](CO)[C@@H](O)C[S+]1C[C@@H](O)[C@@H](O)[C@@H](O)[C@@H]1CCO. The lowest BCUT2D eigenvalue weighted by Crippen LogP contribution is -2.58. The van der Waals surface area contributed by atoms with Crippen molar-refractivity contribution in [3.8, 4) is 0 Å². The van der Waals surface area contributed by atoms with Crippen LogP contribution in [0.1, 0.15) is 6.42 Å². The van der Waals surface area contributed by atoms with Crippen molar-refractivity contribution in [1.29, 1.82) is 0 Å². The van der Waals surface area contributed by atoms with Gasteiger partial charge in [-0.3, -0.25) is 4.55 Å². The summed E-state index contributed by atoms with van der Waals surface area (Å²) >= 11 is 0. The standard InChI is InChI=1S/C11H22O10S2/c12-2-1-9-11(17)10(16)7(15)5-22(9)4-6(14)8(3-13)21-23(18,19)20/h6-17H,1-5H2/p+1/t6-,7+,8+,9-,10+,11-,22?/m0/s1. The fraction of sp³-hybridized carbons (Fsp3) is 1.00. The number of rotatable bonds is 8. The minimum absolute atomic E-state index is 0.0317. The van der Waals surface area contributed by atoms with Gasteiger partial charge in [-0.25, -0.2) is 4.18 Å². The molecule has 1 aliphatic heterocycles. The van der Waals surface area contributed by atoms with Gasteiger partial charge >= 0.3 is 10.4 Å². The highest BCUT2D eigenvalue weighted by atomic mass is 32.3. The smallest absolute Gasteiger partial charge is 0.396 e. The van der Waals surface area contributed by atoms with Crippen LogP contribution < -0.4 is 0 Å². The summed E-state index contributed by atoms with van der Waals surface area (Å²) in [6.45, 7) is -1.16. The Morgan fingerprint density at radius 2 is 1.78 bits per heavy atom. The van der Waals surface area contributed by atoms with Crippen molar-refractivity contribution in [2.45, 2.75) is 42.2 Å². The summed E-state index contributed by atoms with van der Waals surface area (Å²) in [5.74, 6) is -0.115. The van der Waals surface area contributed by atoms with Gasteiger partial charge in [-0.05, 0) is 10.9 Å². The van der Waals surface area contributed by atoms with Gasteiger partial charge in [-0.15, -0.1) is 0 Å². The lowest BCUT2D eigenvalue weighted by Gasteiger charge is -2.35. The molecule has 0 amide bonds. The third kappa shape index (κ3) is 6.08. The van der Waals surface area contributed by atoms with Crippen LogP contribution in [0.2, 0.25) is 0 Å². The molecule has 1 unspecified atom stereocenters. The topological polar surface area (TPSA) is 185 Å². The highest BCUT2D eigenvalue weighted by molar-refractivity contribution is 7.97. The average Bonchev–Trinajstić information content (AvgIpc) is 2.45. The monoisotopic (exact) mass is 379 g/mol. The highest BCUT2D eigenvalue weighted by Gasteiger charge is 2.50. The average molecular weight is 379 g/mol. The van der Waals surface area contributed by atoms with Crippen LogP contribution in [-0.2, 0) is 25.5 Å². The van der Waals surface area contributed by atoms with E-state index in [1.807, 2.05) is 0 Å². The van der Waals surface area contributed by atoms with Gasteiger partial charge in [0.25, 0.3) is 0 Å². The van der Waals surface area contributed by atoms with E-state index in [1.165, 1.54) is 0 Å². The first-order chi connectivity index (χ1) is 10.6. The minimum Gasteiger partial charge on any atom is -0.396 e. The van der Waals surface area contributed by atoms with Crippen LogP contribution in [0.4, 0.5) is 0 Å². The molecule has 1 aliphatic rings. The second-order valence-electron chi connectivity index (χ2n) is 5.28. The molecule has 0 aromatic rings. The quantitative estimate of drug-likeness (QED) is 0.162. The molecule has 0 aliphatic carbocycles. The molecule has 0 bridgehead atoms. The molecule has 0 radical (unpaired) electrons. The molecule has 0 saturated carbocycles. The highest BCUT2D eigenvalue weighted by Crippen LogP contribution is 2.27. The molecule has 0 aromatic carbocycles. The lowest BCUT2D eigenvalue weighted by molar-refractivity contribution is -0.0584. The summed E-state index contributed by atoms with van der Waals surface area (Å²) in [7, 11) is -5.75. The molecule has 1 fully saturated rings. The molecule has 10 nitrogen and oxygen atoms in total. The first-order valence-corrected chi connectivity index (χ1v) is 9.85. The molecule has 0 spiro atoms. The number of hydrogen-bond donors (Lipinski definition) is 7. The molecular formula is C11H23O10S2+. The summed E-state index contributed by atoms with van der Waals surface area (Å²) in [6.07, 6.45) is -6.91. The molecule has 0 aromatic heterocycles. The van der Waals surface area contributed by atoms with Gasteiger partial charge < -0.3 is 30.6 Å². The zero-order valence-electron chi connectivity index (χ0n) is 12.2. The van der Waals surface area contributed by atoms with Crippen LogP contribution in [-0.4, -0.2) is 104 Å². The van der Waals surface area contributed by atoms with E-state index in [9.17, 15) is 28.8 Å². The molecule has 23 heavy (non-hydrogen) atoms. The van der Waals surface area contributed by atoms with E-state index in [2.05, 4.69) is 4.18 Å². The Bertz CT molecular complexity index is 458. The van der Waals surface area contributed by atoms with Gasteiger partial charge in [0.15, 0.2) is 0 Å². The van der Waals surface area contributed by atoms with Gasteiger partial charge in [-0.2, -0.15) is 8.42 Å². The van der Waals surface area contributed by atoms with Crippen molar-refractivity contribution >= 4 is 21.3 Å². The van der Waals surface area contributed by atoms with Gasteiger partial charge in [-0.1, -0.05) is 0 Å². The second kappa shape index (κ2) is 8.89. The van der Waals surface area contributed by atoms with Gasteiger partial charge in [0.1, 0.15) is 47.3 Å². The van der Waals surface area contributed by atoms with Crippen LogP contribution in [0.3, 0.4) is 0 Å². The molecule has 7 N–H and O–H groups in total. The Kier molecular flexibility index (Phi) is 8.13. The maximum absolute atomic E-state index is 10.7. The Hall–Kier alpha value is -0.0200. The van der Waals surface area contributed by atoms with E-state index in [-0.39, 0.29) is 24.5 Å². The Balaban J connectivity index is 2.81. The predicted octanol–water partition coefficient (Wildman–Crippen LogP) is -4.01. The lowest BCUT2D eigenvalue weighted by atomic mass is 10.0. The molecule has 1 heterocycles. The minimum atomic E-state index is -4.87. The van der Waals surface area contributed by atoms with E-state index in [1.54, 1.807) is 0 Å². The molecule has 7 atom stereocenters. The fourth-order valence-electron chi connectivity index (χ4n) is 2.44. The number of hydrogen-bond acceptors (Lipinski definition) is 9. The summed E-state index contributed by atoms with van der Waals surface area (Å²) in [5.41, 5.74) is 0. The maximum atomic E-state index is 10.7. The first-order valence-electron chi connectivity index (χ1n) is 6.86. The zero-order valence-corrected chi connectivity index (χ0v) is 13.8. The van der Waals surface area contributed by atoms with E-state index >= 15 is 0 Å². The molecule has 138 valence electrons. The first kappa shape index (κ1) is 21.0. The Labute approximate surface area is 136 Å². The second-order valence-corrected chi connectivity index (χ2v) is 8.68. The van der Waals surface area contributed by atoms with Crippen LogP contribution in [0.15, 0.2) is 0 Å². The molecule has 1 saturated heterocycles. The van der Waals surface area contributed by atoms with Crippen LogP contribution in [0.25, 0.3) is 0 Å². The molecular weight excluding hydrogens is 356 g/mol. The van der Waals surface area contributed by atoms with E-state index < -0.39 is 63.7 Å². The van der Waals surface area contributed by atoms with E-state index in [0.717, 1.165) is 0 Å². The number of aliphatic hydroxyl groups is 6. The molecule has 1 rings (SSSR count). The van der Waals surface area contributed by atoms with Crippen molar-refractivity contribution in [3.05, 3.63) is 0 Å². The Morgan fingerprint density at radius 3 is 2.26 bits per heavy atom. The maximum Gasteiger partial charge on any atom is 0.397 e. The predicted molar refractivity (Wildman–Crippen MR) is 80.1 cm³/mol. The van der Waals surface area contributed by atoms with Gasteiger partial charge in [0.2, 0.25) is 0 Å². The summed E-state index contributed by atoms with van der Waals surface area (Å²) < 4.78 is 34.1. The van der Waals surface area contributed by atoms with Gasteiger partial charge in [0.05, 0.1) is 6.61 Å². The van der Waals surface area contributed by atoms with Crippen molar-refractivity contribution in [2.24, 2.45) is 0 Å². The Morgan fingerprint density at radius 1 is 1.17 bits per heavy atom. The van der Waals surface area contributed by atoms with E-state index in [0.29, 0.717) is 0 Å². The summed E-state index contributed by atoms with van der Waals surface area (Å²) in [5, 5.41) is 56.9. The number of aliphatic hydroxyl groups excluding tert-OH is 6. The van der Waals surface area contributed by atoms with E-state index in [4.69, 9.17) is 14.8 Å². The van der Waals surface area contributed by atoms with Crippen molar-refractivity contribution in [2.75, 3.05) is 24.7 Å². The summed E-state index contributed by atoms with van der Waals surface area (Å²) in [4.78, 5) is 0. The zero-order chi connectivity index (χ0) is 17.8. The van der Waals surface area contributed by atoms with Crippen molar-refractivity contribution < 1.29 is 47.8 Å². The van der Waals surface area contributed by atoms with Crippen molar-refractivity contribution in [3.63, 3.8) is 0 Å². The van der Waals surface area contributed by atoms with Crippen LogP contribution in [0, 0.1) is 0 Å². The van der Waals surface area contributed by atoms with Gasteiger partial charge in [0, 0.05) is 13.0 Å². The summed E-state index contributed by atoms with van der Waals surface area (Å²) in [6, 6.07) is 0. The normalized spacial score (nSPS) is 35.0. The fourth-order valence-corrected chi connectivity index (χ4v) is 5.86. The molecule has 12 heteroatoms. The van der Waals surface area contributed by atoms with Crippen LogP contribution in [0.5, 0.6) is 0 Å². The van der Waals surface area contributed by atoms with Crippen LogP contribution >= 0.6 is 0 Å².